The van der Waals surface area contributed by atoms with Crippen LogP contribution in [0.25, 0.3) is 16.3 Å². The Balaban J connectivity index is 1.74. The van der Waals surface area contributed by atoms with E-state index < -0.39 is 0 Å². The zero-order valence-electron chi connectivity index (χ0n) is 11.7. The molecule has 1 aromatic heterocycles. The van der Waals surface area contributed by atoms with Gasteiger partial charge < -0.3 is 14.4 Å². The van der Waals surface area contributed by atoms with Gasteiger partial charge in [-0.3, -0.25) is 4.79 Å². The van der Waals surface area contributed by atoms with E-state index in [9.17, 15) is 4.79 Å². The van der Waals surface area contributed by atoms with E-state index in [1.54, 1.807) is 18.1 Å². The number of benzene rings is 1. The summed E-state index contributed by atoms with van der Waals surface area (Å²) in [6.45, 7) is 2.55. The molecule has 1 fully saturated rings. The van der Waals surface area contributed by atoms with E-state index in [0.717, 1.165) is 15.8 Å². The molecule has 0 N–H and O–H groups in total. The predicted octanol–water partition coefficient (Wildman–Crippen LogP) is 2.18. The molecule has 0 unspecified atom stereocenters. The van der Waals surface area contributed by atoms with Crippen LogP contribution in [0.1, 0.15) is 5.56 Å². The largest absolute Gasteiger partial charge is 0.473 e. The minimum absolute atomic E-state index is 0.0225. The molecule has 0 aliphatic carbocycles. The summed E-state index contributed by atoms with van der Waals surface area (Å²) >= 11 is 1.51. The second-order valence-corrected chi connectivity index (χ2v) is 5.68. The molecule has 2 heterocycles. The number of morpholine rings is 1. The fourth-order valence-electron chi connectivity index (χ4n) is 2.17. The number of carbonyl (C=O) groups excluding carboxylic acids is 1. The van der Waals surface area contributed by atoms with Crippen molar-refractivity contribution in [3.8, 4) is 5.19 Å². The number of carbonyl (C=O) groups is 1. The lowest BCUT2D eigenvalue weighted by Crippen LogP contribution is -2.39. The molecule has 0 atom stereocenters. The maximum Gasteiger partial charge on any atom is 0.274 e. The Morgan fingerprint density at radius 2 is 2.24 bits per heavy atom. The average Bonchev–Trinajstić information content (AvgIpc) is 2.95. The van der Waals surface area contributed by atoms with Crippen LogP contribution >= 0.6 is 11.3 Å². The number of thiazole rings is 1. The number of hydrogen-bond donors (Lipinski definition) is 0. The zero-order chi connectivity index (χ0) is 14.7. The maximum absolute atomic E-state index is 12.0. The molecular formula is C15H16N2O3S. The third kappa shape index (κ3) is 3.22. The first-order valence-electron chi connectivity index (χ1n) is 6.75. The molecule has 6 heteroatoms. The number of amides is 1. The summed E-state index contributed by atoms with van der Waals surface area (Å²) in [6.07, 6.45) is 3.43. The minimum Gasteiger partial charge on any atom is -0.473 e. The third-order valence-electron chi connectivity index (χ3n) is 3.31. The fraction of sp³-hybridized carbons (Fsp3) is 0.333. The molecule has 2 aromatic rings. The Morgan fingerprint density at radius 1 is 1.43 bits per heavy atom. The number of aromatic nitrogens is 1. The molecule has 1 aromatic carbocycles. The molecule has 1 saturated heterocycles. The van der Waals surface area contributed by atoms with Gasteiger partial charge in [0.25, 0.3) is 5.19 Å². The molecule has 1 aliphatic heterocycles. The molecule has 5 nitrogen and oxygen atoms in total. The van der Waals surface area contributed by atoms with Crippen LogP contribution < -0.4 is 4.74 Å². The van der Waals surface area contributed by atoms with Crippen molar-refractivity contribution in [1.82, 2.24) is 9.88 Å². The third-order valence-corrected chi connectivity index (χ3v) is 4.31. The number of ether oxygens (including phenoxy) is 2. The second kappa shape index (κ2) is 6.24. The molecular weight excluding hydrogens is 288 g/mol. The summed E-state index contributed by atoms with van der Waals surface area (Å²) in [5, 5.41) is 0.649. The van der Waals surface area contributed by atoms with Gasteiger partial charge in [0.1, 0.15) is 0 Å². The van der Waals surface area contributed by atoms with Crippen LogP contribution in [0.5, 0.6) is 5.19 Å². The Morgan fingerprint density at radius 3 is 3.00 bits per heavy atom. The van der Waals surface area contributed by atoms with Gasteiger partial charge in [-0.2, -0.15) is 0 Å². The lowest BCUT2D eigenvalue weighted by atomic mass is 10.2. The van der Waals surface area contributed by atoms with E-state index in [4.69, 9.17) is 9.47 Å². The number of fused-ring (bicyclic) bond motifs is 1. The summed E-state index contributed by atoms with van der Waals surface area (Å²) in [4.78, 5) is 18.2. The van der Waals surface area contributed by atoms with Gasteiger partial charge >= 0.3 is 0 Å². The summed E-state index contributed by atoms with van der Waals surface area (Å²) in [7, 11) is 1.61. The summed E-state index contributed by atoms with van der Waals surface area (Å²) in [5.41, 5.74) is 1.84. The highest BCUT2D eigenvalue weighted by molar-refractivity contribution is 7.20. The average molecular weight is 304 g/mol. The standard InChI is InChI=1S/C15H16N2O3S/c1-19-15-16-12-10-11(2-4-13(12)21-15)3-5-14(18)17-6-8-20-9-7-17/h2-5,10H,6-9H2,1H3/b5-3+. The monoisotopic (exact) mass is 304 g/mol. The molecule has 0 saturated carbocycles. The van der Waals surface area contributed by atoms with Crippen molar-refractivity contribution < 1.29 is 14.3 Å². The normalized spacial score (nSPS) is 15.8. The number of hydrogen-bond acceptors (Lipinski definition) is 5. The van der Waals surface area contributed by atoms with Crippen molar-refractivity contribution in [2.75, 3.05) is 33.4 Å². The Kier molecular flexibility index (Phi) is 4.17. The molecule has 1 aliphatic rings. The lowest BCUT2D eigenvalue weighted by Gasteiger charge is -2.25. The Bertz CT molecular complexity index is 675. The highest BCUT2D eigenvalue weighted by atomic mass is 32.1. The zero-order valence-corrected chi connectivity index (χ0v) is 12.6. The van der Waals surface area contributed by atoms with Crippen molar-refractivity contribution in [2.24, 2.45) is 0 Å². The van der Waals surface area contributed by atoms with Gasteiger partial charge in [-0.1, -0.05) is 17.4 Å². The SMILES string of the molecule is COc1nc2cc(/C=C/C(=O)N3CCOCC3)ccc2s1. The van der Waals surface area contributed by atoms with E-state index >= 15 is 0 Å². The van der Waals surface area contributed by atoms with E-state index in [0.29, 0.717) is 31.5 Å². The first-order chi connectivity index (χ1) is 10.3. The van der Waals surface area contributed by atoms with Gasteiger partial charge in [0.05, 0.1) is 30.5 Å². The van der Waals surface area contributed by atoms with Crippen molar-refractivity contribution in [3.05, 3.63) is 29.8 Å². The van der Waals surface area contributed by atoms with E-state index in [1.165, 1.54) is 11.3 Å². The van der Waals surface area contributed by atoms with Crippen LogP contribution in [-0.4, -0.2) is 49.2 Å². The van der Waals surface area contributed by atoms with Gasteiger partial charge in [0.2, 0.25) is 5.91 Å². The molecule has 3 rings (SSSR count). The van der Waals surface area contributed by atoms with Crippen molar-refractivity contribution in [2.45, 2.75) is 0 Å². The van der Waals surface area contributed by atoms with Crippen molar-refractivity contribution >= 4 is 33.5 Å². The van der Waals surface area contributed by atoms with Gasteiger partial charge in [0.15, 0.2) is 0 Å². The summed E-state index contributed by atoms with van der Waals surface area (Å²) in [6, 6.07) is 5.93. The van der Waals surface area contributed by atoms with E-state index in [2.05, 4.69) is 4.98 Å². The summed E-state index contributed by atoms with van der Waals surface area (Å²) in [5.74, 6) is 0.0225. The van der Waals surface area contributed by atoms with Gasteiger partial charge in [0, 0.05) is 19.2 Å². The van der Waals surface area contributed by atoms with Gasteiger partial charge in [-0.25, -0.2) is 4.98 Å². The predicted molar refractivity (Wildman–Crippen MR) is 82.6 cm³/mol. The van der Waals surface area contributed by atoms with Crippen LogP contribution in [0.15, 0.2) is 24.3 Å². The van der Waals surface area contributed by atoms with Crippen LogP contribution in [0, 0.1) is 0 Å². The number of nitrogens with zero attached hydrogens (tertiary/aromatic N) is 2. The van der Waals surface area contributed by atoms with Crippen LogP contribution in [0.4, 0.5) is 0 Å². The molecule has 0 radical (unpaired) electrons. The molecule has 0 spiro atoms. The highest BCUT2D eigenvalue weighted by Gasteiger charge is 2.13. The van der Waals surface area contributed by atoms with Crippen molar-refractivity contribution in [3.63, 3.8) is 0 Å². The highest BCUT2D eigenvalue weighted by Crippen LogP contribution is 2.28. The maximum atomic E-state index is 12.0. The quantitative estimate of drug-likeness (QED) is 0.816. The Hall–Kier alpha value is -1.92. The van der Waals surface area contributed by atoms with Gasteiger partial charge in [-0.05, 0) is 23.8 Å². The van der Waals surface area contributed by atoms with E-state index in [-0.39, 0.29) is 5.91 Å². The summed E-state index contributed by atoms with van der Waals surface area (Å²) < 4.78 is 11.4. The minimum atomic E-state index is 0.0225. The molecule has 110 valence electrons. The van der Waals surface area contributed by atoms with Crippen molar-refractivity contribution in [1.29, 1.82) is 0 Å². The van der Waals surface area contributed by atoms with Crippen LogP contribution in [0.3, 0.4) is 0 Å². The number of methoxy groups -OCH3 is 1. The molecule has 0 bridgehead atoms. The van der Waals surface area contributed by atoms with Crippen LogP contribution in [-0.2, 0) is 9.53 Å². The van der Waals surface area contributed by atoms with Gasteiger partial charge in [-0.15, -0.1) is 0 Å². The smallest absolute Gasteiger partial charge is 0.274 e. The fourth-order valence-corrected chi connectivity index (χ4v) is 2.93. The topological polar surface area (TPSA) is 51.7 Å². The Labute approximate surface area is 126 Å². The molecule has 21 heavy (non-hydrogen) atoms. The first kappa shape index (κ1) is 14.0. The number of rotatable bonds is 3. The first-order valence-corrected chi connectivity index (χ1v) is 7.57. The lowest BCUT2D eigenvalue weighted by molar-refractivity contribution is -0.129. The molecule has 1 amide bonds. The van der Waals surface area contributed by atoms with Crippen LogP contribution in [0.2, 0.25) is 0 Å². The van der Waals surface area contributed by atoms with E-state index in [1.807, 2.05) is 24.3 Å². The second-order valence-electron chi connectivity index (χ2n) is 4.68.